The summed E-state index contributed by atoms with van der Waals surface area (Å²) < 4.78 is 21.5. The second kappa shape index (κ2) is 8.25. The zero-order valence-corrected chi connectivity index (χ0v) is 20.1. The first-order valence-corrected chi connectivity index (χ1v) is 12.9. The van der Waals surface area contributed by atoms with Crippen molar-refractivity contribution in [1.29, 1.82) is 0 Å². The summed E-state index contributed by atoms with van der Waals surface area (Å²) in [4.78, 5) is 22.0. The summed E-state index contributed by atoms with van der Waals surface area (Å²) in [7, 11) is 0. The largest absolute Gasteiger partial charge is 0.466 e. The molecular weight excluding hydrogens is 461 g/mol. The zero-order valence-electron chi connectivity index (χ0n) is 20.1. The van der Waals surface area contributed by atoms with E-state index in [1.165, 1.54) is 6.07 Å². The van der Waals surface area contributed by atoms with E-state index in [0.717, 1.165) is 55.9 Å². The average Bonchev–Trinajstić information content (AvgIpc) is 3.50. The quantitative estimate of drug-likeness (QED) is 0.385. The highest BCUT2D eigenvalue weighted by molar-refractivity contribution is 5.89. The van der Waals surface area contributed by atoms with Gasteiger partial charge < -0.3 is 10.1 Å². The van der Waals surface area contributed by atoms with E-state index >= 15 is 0 Å². The Bertz CT molecular complexity index is 1470. The van der Waals surface area contributed by atoms with Crippen LogP contribution in [0.3, 0.4) is 0 Å². The van der Waals surface area contributed by atoms with E-state index in [4.69, 9.17) is 14.8 Å². The highest BCUT2D eigenvalue weighted by atomic mass is 19.1. The fourth-order valence-corrected chi connectivity index (χ4v) is 6.35. The third-order valence-corrected chi connectivity index (χ3v) is 8.22. The summed E-state index contributed by atoms with van der Waals surface area (Å²) in [6, 6.07) is 5.50. The molecule has 4 aliphatic rings. The van der Waals surface area contributed by atoms with Crippen LogP contribution in [0.5, 0.6) is 0 Å². The second-order valence-corrected chi connectivity index (χ2v) is 10.4. The number of ether oxygens (including phenoxy) is 1. The van der Waals surface area contributed by atoms with Crippen molar-refractivity contribution in [3.63, 3.8) is 0 Å². The fraction of sp³-hybridized carbons (Fsp3) is 0.500. The number of hydrogen-bond donors (Lipinski definition) is 2. The Morgan fingerprint density at radius 2 is 2.00 bits per heavy atom. The molecule has 36 heavy (non-hydrogen) atoms. The predicted molar refractivity (Wildman–Crippen MR) is 131 cm³/mol. The molecule has 4 aliphatic carbocycles. The number of H-pyrrole nitrogens is 1. The lowest BCUT2D eigenvalue weighted by molar-refractivity contribution is -0.154. The molecule has 4 heterocycles. The third-order valence-electron chi connectivity index (χ3n) is 8.22. The zero-order chi connectivity index (χ0) is 24.4. The van der Waals surface area contributed by atoms with Gasteiger partial charge in [0, 0.05) is 17.7 Å². The van der Waals surface area contributed by atoms with Crippen molar-refractivity contribution in [3.05, 3.63) is 35.9 Å². The van der Waals surface area contributed by atoms with Gasteiger partial charge in [-0.15, -0.1) is 5.10 Å². The lowest BCUT2D eigenvalue weighted by Crippen LogP contribution is -2.52. The van der Waals surface area contributed by atoms with Gasteiger partial charge in [0.2, 0.25) is 5.82 Å². The van der Waals surface area contributed by atoms with E-state index < -0.39 is 5.82 Å². The molecule has 4 aromatic rings. The van der Waals surface area contributed by atoms with Gasteiger partial charge in [-0.05, 0) is 75.5 Å². The Hall–Kier alpha value is -3.56. The number of aromatic nitrogens is 6. The SMILES string of the molecule is CCOC(=O)[C@H]1C2CCC(CC2)[C@@H]1Nc1nc(-c2[nH]nc3ncc(F)cc23)nn2c(C3CC3)ccc12. The van der Waals surface area contributed by atoms with Gasteiger partial charge in [-0.25, -0.2) is 18.9 Å². The van der Waals surface area contributed by atoms with Crippen LogP contribution in [0.15, 0.2) is 24.4 Å². The van der Waals surface area contributed by atoms with Crippen LogP contribution in [0.1, 0.15) is 57.1 Å². The van der Waals surface area contributed by atoms with E-state index in [9.17, 15) is 9.18 Å². The van der Waals surface area contributed by atoms with Crippen LogP contribution in [0.25, 0.3) is 28.1 Å². The van der Waals surface area contributed by atoms with Crippen LogP contribution in [0.4, 0.5) is 10.2 Å². The standard InChI is InChI=1S/C26H28FN7O2/c1-2-36-26(35)20-14-5-7-15(8-6-14)21(20)29-24-19-10-9-18(13-3-4-13)34(19)33-25(30-24)22-17-11-16(27)12-28-23(17)32-31-22/h9-15,20-21H,2-8H2,1H3,(H,28,31,32)(H,29,30,33)/t14?,15?,20-,21-/m0/s1. The van der Waals surface area contributed by atoms with Crippen LogP contribution in [-0.4, -0.2) is 48.4 Å². The van der Waals surface area contributed by atoms with Crippen molar-refractivity contribution in [2.75, 3.05) is 11.9 Å². The fourth-order valence-electron chi connectivity index (χ4n) is 6.35. The molecule has 2 atom stereocenters. The molecule has 0 amide bonds. The van der Waals surface area contributed by atoms with Gasteiger partial charge in [0.1, 0.15) is 17.0 Å². The number of anilines is 1. The smallest absolute Gasteiger partial charge is 0.311 e. The monoisotopic (exact) mass is 489 g/mol. The molecule has 2 bridgehead atoms. The number of halogens is 1. The first kappa shape index (κ1) is 21.7. The lowest BCUT2D eigenvalue weighted by Gasteiger charge is -2.47. The number of aromatic amines is 1. The van der Waals surface area contributed by atoms with E-state index in [1.54, 1.807) is 0 Å². The summed E-state index contributed by atoms with van der Waals surface area (Å²) >= 11 is 0. The number of pyridine rings is 1. The Labute approximate surface area is 206 Å². The Kier molecular flexibility index (Phi) is 4.97. The van der Waals surface area contributed by atoms with Crippen LogP contribution in [0.2, 0.25) is 0 Å². The molecule has 8 rings (SSSR count). The number of fused-ring (bicyclic) bond motifs is 5. The van der Waals surface area contributed by atoms with Gasteiger partial charge in [0.25, 0.3) is 0 Å². The van der Waals surface area contributed by atoms with Gasteiger partial charge in [-0.3, -0.25) is 9.89 Å². The van der Waals surface area contributed by atoms with E-state index in [0.29, 0.717) is 52.7 Å². The summed E-state index contributed by atoms with van der Waals surface area (Å²) in [5, 5.41) is 16.3. The Balaban J connectivity index is 1.35. The minimum atomic E-state index is -0.445. The summed E-state index contributed by atoms with van der Waals surface area (Å²) in [6.07, 6.45) is 7.72. The molecular formula is C26H28FN7O2. The van der Waals surface area contributed by atoms with Crippen LogP contribution < -0.4 is 5.32 Å². The van der Waals surface area contributed by atoms with E-state index in [1.807, 2.05) is 17.5 Å². The van der Waals surface area contributed by atoms with Crippen molar-refractivity contribution in [2.45, 2.75) is 57.4 Å². The number of hydrogen-bond acceptors (Lipinski definition) is 7. The highest BCUT2D eigenvalue weighted by Crippen LogP contribution is 2.47. The molecule has 0 saturated heterocycles. The van der Waals surface area contributed by atoms with Gasteiger partial charge in [-0.2, -0.15) is 5.10 Å². The maximum atomic E-state index is 14.0. The van der Waals surface area contributed by atoms with Crippen molar-refractivity contribution >= 4 is 28.3 Å². The Morgan fingerprint density at radius 1 is 1.19 bits per heavy atom. The van der Waals surface area contributed by atoms with Crippen molar-refractivity contribution < 1.29 is 13.9 Å². The molecule has 186 valence electrons. The summed E-state index contributed by atoms with van der Waals surface area (Å²) in [6.45, 7) is 2.23. The van der Waals surface area contributed by atoms with E-state index in [2.05, 4.69) is 26.6 Å². The lowest BCUT2D eigenvalue weighted by atomic mass is 9.61. The number of carbonyl (C=O) groups excluding carboxylic acids is 1. The highest BCUT2D eigenvalue weighted by Gasteiger charge is 2.48. The second-order valence-electron chi connectivity index (χ2n) is 10.4. The van der Waals surface area contributed by atoms with Gasteiger partial charge >= 0.3 is 5.97 Å². The molecule has 10 heteroatoms. The molecule has 0 spiro atoms. The first-order valence-electron chi connectivity index (χ1n) is 12.9. The minimum absolute atomic E-state index is 0.0556. The molecule has 9 nitrogen and oxygen atoms in total. The number of rotatable bonds is 6. The van der Waals surface area contributed by atoms with Gasteiger partial charge in [-0.1, -0.05) is 0 Å². The minimum Gasteiger partial charge on any atom is -0.466 e. The van der Waals surface area contributed by atoms with Gasteiger partial charge in [0.05, 0.1) is 24.1 Å². The molecule has 4 saturated carbocycles. The van der Waals surface area contributed by atoms with Crippen molar-refractivity contribution in [3.8, 4) is 11.5 Å². The topological polar surface area (TPSA) is 110 Å². The molecule has 4 fully saturated rings. The first-order chi connectivity index (χ1) is 17.6. The molecule has 0 aromatic carbocycles. The maximum absolute atomic E-state index is 14.0. The van der Waals surface area contributed by atoms with Crippen LogP contribution in [-0.2, 0) is 9.53 Å². The average molecular weight is 490 g/mol. The van der Waals surface area contributed by atoms with Crippen LogP contribution >= 0.6 is 0 Å². The molecule has 0 radical (unpaired) electrons. The predicted octanol–water partition coefficient (Wildman–Crippen LogP) is 4.46. The van der Waals surface area contributed by atoms with Crippen molar-refractivity contribution in [1.82, 2.24) is 29.8 Å². The summed E-state index contributed by atoms with van der Waals surface area (Å²) in [5.74, 6) is 1.50. The van der Waals surface area contributed by atoms with Crippen LogP contribution in [0, 0.1) is 23.6 Å². The molecule has 0 aliphatic heterocycles. The Morgan fingerprint density at radius 3 is 2.78 bits per heavy atom. The molecule has 2 N–H and O–H groups in total. The number of nitrogens with zero attached hydrogens (tertiary/aromatic N) is 5. The third kappa shape index (κ3) is 3.45. The maximum Gasteiger partial charge on any atom is 0.311 e. The number of carbonyl (C=O) groups is 1. The van der Waals surface area contributed by atoms with Gasteiger partial charge in [0.15, 0.2) is 11.5 Å². The molecule has 4 aromatic heterocycles. The van der Waals surface area contributed by atoms with Crippen molar-refractivity contribution in [2.24, 2.45) is 17.8 Å². The normalized spacial score (nSPS) is 25.5. The molecule has 0 unspecified atom stereocenters. The van der Waals surface area contributed by atoms with E-state index in [-0.39, 0.29) is 17.9 Å². The summed E-state index contributed by atoms with van der Waals surface area (Å²) in [5.41, 5.74) is 2.94. The number of esters is 1. The number of nitrogens with one attached hydrogen (secondary N) is 2.